The molecule has 220 valence electrons. The Morgan fingerprint density at radius 2 is 1.22 bits per heavy atom. The Morgan fingerprint density at radius 3 is 1.70 bits per heavy atom. The number of nitrogens with zero attached hydrogens (tertiary/aromatic N) is 2. The standard InChI is InChI=1S/C30H56N2O3.2ClH/c1-5-6-7-8-9-10-11-12-13-14-15-16-17-18-19-20-24-35-30-26-32(4)28(25-29(30)33)27-34-23-21-22-31(2)3;;/h25-26H,5-24,27H2,1-4H3;2*1H. The Labute approximate surface area is 240 Å². The van der Waals surface area contributed by atoms with Crippen molar-refractivity contribution in [3.8, 4) is 5.75 Å². The molecule has 0 aliphatic heterocycles. The minimum Gasteiger partial charge on any atom is -0.488 e. The topological polar surface area (TPSA) is 43.7 Å². The van der Waals surface area contributed by atoms with Crippen LogP contribution in [-0.2, 0) is 18.4 Å². The minimum atomic E-state index is -0.0496. The molecule has 1 rings (SSSR count). The summed E-state index contributed by atoms with van der Waals surface area (Å²) < 4.78 is 13.4. The SMILES string of the molecule is CCCCCCCCCCCCCCCCCCOc1cn(C)c(COCCCN(C)C)cc1=O.Cl.Cl. The van der Waals surface area contributed by atoms with Crippen LogP contribution in [0.4, 0.5) is 0 Å². The molecule has 1 heterocycles. The summed E-state index contributed by atoms with van der Waals surface area (Å²) in [6.07, 6.45) is 24.5. The molecule has 0 bridgehead atoms. The number of hydrogen-bond donors (Lipinski definition) is 0. The van der Waals surface area contributed by atoms with Gasteiger partial charge in [0.05, 0.1) is 19.4 Å². The molecule has 0 saturated carbocycles. The van der Waals surface area contributed by atoms with Crippen LogP contribution in [0.3, 0.4) is 0 Å². The maximum absolute atomic E-state index is 12.4. The molecule has 0 aliphatic carbocycles. The van der Waals surface area contributed by atoms with Gasteiger partial charge >= 0.3 is 0 Å². The first-order valence-electron chi connectivity index (χ1n) is 14.6. The number of aryl methyl sites for hydroxylation is 1. The molecule has 1 aromatic rings. The molecule has 0 amide bonds. The molecule has 0 saturated heterocycles. The van der Waals surface area contributed by atoms with Crippen molar-refractivity contribution in [3.05, 3.63) is 28.2 Å². The van der Waals surface area contributed by atoms with Crippen LogP contribution >= 0.6 is 24.8 Å². The average molecular weight is 566 g/mol. The van der Waals surface area contributed by atoms with Crippen LogP contribution in [0.2, 0.25) is 0 Å². The predicted octanol–water partition coefficient (Wildman–Crippen LogP) is 8.34. The normalized spacial score (nSPS) is 10.8. The molecule has 0 atom stereocenters. The first kappa shape index (κ1) is 38.4. The highest BCUT2D eigenvalue weighted by Crippen LogP contribution is 2.14. The molecule has 0 N–H and O–H groups in total. The summed E-state index contributed by atoms with van der Waals surface area (Å²) in [5.74, 6) is 0.449. The van der Waals surface area contributed by atoms with E-state index < -0.39 is 0 Å². The summed E-state index contributed by atoms with van der Waals surface area (Å²) in [4.78, 5) is 14.5. The van der Waals surface area contributed by atoms with E-state index in [0.29, 0.717) is 25.6 Å². The molecule has 5 nitrogen and oxygen atoms in total. The van der Waals surface area contributed by atoms with Gasteiger partial charge in [-0.15, -0.1) is 24.8 Å². The van der Waals surface area contributed by atoms with Crippen LogP contribution in [-0.4, -0.2) is 43.3 Å². The summed E-state index contributed by atoms with van der Waals surface area (Å²) in [6, 6.07) is 1.65. The van der Waals surface area contributed by atoms with Crippen LogP contribution in [0.1, 0.15) is 122 Å². The van der Waals surface area contributed by atoms with Gasteiger partial charge < -0.3 is 18.9 Å². The second-order valence-electron chi connectivity index (χ2n) is 10.5. The van der Waals surface area contributed by atoms with Gasteiger partial charge in [-0.25, -0.2) is 0 Å². The molecule has 37 heavy (non-hydrogen) atoms. The van der Waals surface area contributed by atoms with Crippen molar-refractivity contribution >= 4 is 24.8 Å². The second-order valence-corrected chi connectivity index (χ2v) is 10.5. The van der Waals surface area contributed by atoms with Gasteiger partial charge in [-0.05, 0) is 33.5 Å². The summed E-state index contributed by atoms with van der Waals surface area (Å²) in [7, 11) is 6.06. The van der Waals surface area contributed by atoms with E-state index in [2.05, 4.69) is 25.9 Å². The van der Waals surface area contributed by atoms with E-state index in [0.717, 1.165) is 25.1 Å². The molecule has 0 spiro atoms. The number of unbranched alkanes of at least 4 members (excludes halogenated alkanes) is 15. The highest BCUT2D eigenvalue weighted by Gasteiger charge is 2.06. The first-order valence-corrected chi connectivity index (χ1v) is 14.6. The molecule has 1 aromatic heterocycles. The lowest BCUT2D eigenvalue weighted by atomic mass is 10.0. The van der Waals surface area contributed by atoms with Gasteiger partial charge in [-0.3, -0.25) is 4.79 Å². The third-order valence-corrected chi connectivity index (χ3v) is 6.70. The maximum Gasteiger partial charge on any atom is 0.223 e. The second kappa shape index (κ2) is 26.8. The first-order chi connectivity index (χ1) is 17.0. The van der Waals surface area contributed by atoms with E-state index in [1.807, 2.05) is 11.6 Å². The molecular weight excluding hydrogens is 507 g/mol. The van der Waals surface area contributed by atoms with Crippen molar-refractivity contribution in [2.75, 3.05) is 33.9 Å². The number of ether oxygens (including phenoxy) is 2. The molecule has 7 heteroatoms. The zero-order valence-electron chi connectivity index (χ0n) is 24.4. The lowest BCUT2D eigenvalue weighted by Gasteiger charge is -2.13. The van der Waals surface area contributed by atoms with Crippen molar-refractivity contribution in [1.82, 2.24) is 9.47 Å². The fourth-order valence-electron chi connectivity index (χ4n) is 4.39. The lowest BCUT2D eigenvalue weighted by Crippen LogP contribution is -2.16. The van der Waals surface area contributed by atoms with Crippen LogP contribution in [0, 0.1) is 0 Å². The number of halogens is 2. The summed E-state index contributed by atoms with van der Waals surface area (Å²) in [5.41, 5.74) is 0.834. The van der Waals surface area contributed by atoms with Gasteiger partial charge in [0.2, 0.25) is 5.43 Å². The van der Waals surface area contributed by atoms with Gasteiger partial charge in [0.25, 0.3) is 0 Å². The highest BCUT2D eigenvalue weighted by molar-refractivity contribution is 5.85. The predicted molar refractivity (Wildman–Crippen MR) is 164 cm³/mol. The van der Waals surface area contributed by atoms with Gasteiger partial charge in [-0.1, -0.05) is 103 Å². The van der Waals surface area contributed by atoms with E-state index in [9.17, 15) is 4.79 Å². The minimum absolute atomic E-state index is 0. The molecule has 0 radical (unpaired) electrons. The molecule has 0 unspecified atom stereocenters. The monoisotopic (exact) mass is 564 g/mol. The van der Waals surface area contributed by atoms with E-state index in [-0.39, 0.29) is 30.2 Å². The smallest absolute Gasteiger partial charge is 0.223 e. The van der Waals surface area contributed by atoms with E-state index in [1.165, 1.54) is 96.3 Å². The fraction of sp³-hybridized carbons (Fsp3) is 0.833. The van der Waals surface area contributed by atoms with Crippen molar-refractivity contribution < 1.29 is 9.47 Å². The summed E-state index contributed by atoms with van der Waals surface area (Å²) in [5, 5.41) is 0. The maximum atomic E-state index is 12.4. The number of hydrogen-bond acceptors (Lipinski definition) is 4. The summed E-state index contributed by atoms with van der Waals surface area (Å²) >= 11 is 0. The molecule has 0 fully saturated rings. The molecule has 0 aromatic carbocycles. The fourth-order valence-corrected chi connectivity index (χ4v) is 4.39. The number of aromatic nitrogens is 1. The largest absolute Gasteiger partial charge is 0.488 e. The average Bonchev–Trinajstić information content (AvgIpc) is 2.83. The quantitative estimate of drug-likeness (QED) is 0.118. The Morgan fingerprint density at radius 1 is 0.730 bits per heavy atom. The van der Waals surface area contributed by atoms with Crippen molar-refractivity contribution in [3.63, 3.8) is 0 Å². The van der Waals surface area contributed by atoms with Crippen LogP contribution in [0.5, 0.6) is 5.75 Å². The number of pyridine rings is 1. The van der Waals surface area contributed by atoms with Crippen molar-refractivity contribution in [2.45, 2.75) is 123 Å². The van der Waals surface area contributed by atoms with E-state index in [1.54, 1.807) is 12.3 Å². The Hall–Kier alpha value is -0.750. The highest BCUT2D eigenvalue weighted by atomic mass is 35.5. The third kappa shape index (κ3) is 21.8. The van der Waals surface area contributed by atoms with E-state index in [4.69, 9.17) is 9.47 Å². The summed E-state index contributed by atoms with van der Waals surface area (Å²) in [6.45, 7) is 5.06. The Balaban J connectivity index is 0. The van der Waals surface area contributed by atoms with Crippen molar-refractivity contribution in [1.29, 1.82) is 0 Å². The lowest BCUT2D eigenvalue weighted by molar-refractivity contribution is 0.108. The van der Waals surface area contributed by atoms with Gasteiger partial charge in [-0.2, -0.15) is 0 Å². The molecular formula is C30H58Cl2N2O3. The zero-order valence-corrected chi connectivity index (χ0v) is 26.1. The van der Waals surface area contributed by atoms with Gasteiger partial charge in [0, 0.05) is 25.4 Å². The third-order valence-electron chi connectivity index (χ3n) is 6.70. The van der Waals surface area contributed by atoms with Gasteiger partial charge in [0.15, 0.2) is 5.75 Å². The zero-order chi connectivity index (χ0) is 25.6. The van der Waals surface area contributed by atoms with Crippen molar-refractivity contribution in [2.24, 2.45) is 7.05 Å². The van der Waals surface area contributed by atoms with Gasteiger partial charge in [0.1, 0.15) is 0 Å². The van der Waals surface area contributed by atoms with E-state index >= 15 is 0 Å². The Bertz CT molecular complexity index is 683. The molecule has 0 aliphatic rings. The van der Waals surface area contributed by atoms with Crippen LogP contribution in [0.15, 0.2) is 17.1 Å². The van der Waals surface area contributed by atoms with Crippen LogP contribution < -0.4 is 10.2 Å². The van der Waals surface area contributed by atoms with Crippen LogP contribution in [0.25, 0.3) is 0 Å². The number of rotatable bonds is 24. The Kier molecular flexibility index (Phi) is 27.9.